The zero-order valence-corrected chi connectivity index (χ0v) is 12.3. The van der Waals surface area contributed by atoms with Crippen LogP contribution in [0.3, 0.4) is 0 Å². The molecule has 1 saturated carbocycles. The maximum Gasteiger partial charge on any atom is 0.129 e. The van der Waals surface area contributed by atoms with Crippen LogP contribution < -0.4 is 0 Å². The van der Waals surface area contributed by atoms with Gasteiger partial charge in [0, 0.05) is 12.5 Å². The summed E-state index contributed by atoms with van der Waals surface area (Å²) < 4.78 is 26.7. The Morgan fingerprint density at radius 2 is 2.00 bits per heavy atom. The molecule has 1 aromatic rings. The number of rotatable bonds is 3. The summed E-state index contributed by atoms with van der Waals surface area (Å²) in [5, 5.41) is 10.7. The lowest BCUT2D eigenvalue weighted by molar-refractivity contribution is 0.0229. The molecule has 3 heteroatoms. The van der Waals surface area contributed by atoms with Gasteiger partial charge in [-0.3, -0.25) is 0 Å². The number of hydrogen-bond donors (Lipinski definition) is 1. The Labute approximate surface area is 120 Å². The van der Waals surface area contributed by atoms with Crippen molar-refractivity contribution in [2.45, 2.75) is 58.0 Å². The van der Waals surface area contributed by atoms with Crippen molar-refractivity contribution >= 4 is 0 Å². The zero-order valence-electron chi connectivity index (χ0n) is 12.3. The summed E-state index contributed by atoms with van der Waals surface area (Å²) in [7, 11) is 0. The van der Waals surface area contributed by atoms with Crippen molar-refractivity contribution < 1.29 is 13.9 Å². The standard InChI is InChI=1S/C17H24F2O/c1-12(2)13-4-3-8-17(20,9-7-13)11-14-5-6-15(18)10-16(14)19/h5-6,10,12-13,20H,3-4,7-9,11H2,1-2H3. The van der Waals surface area contributed by atoms with Crippen molar-refractivity contribution in [3.63, 3.8) is 0 Å². The highest BCUT2D eigenvalue weighted by Gasteiger charge is 2.32. The molecule has 0 radical (unpaired) electrons. The molecule has 1 nitrogen and oxygen atoms in total. The van der Waals surface area contributed by atoms with Crippen molar-refractivity contribution in [3.8, 4) is 0 Å². The Bertz CT molecular complexity index is 458. The number of halogens is 2. The Morgan fingerprint density at radius 3 is 2.65 bits per heavy atom. The van der Waals surface area contributed by atoms with E-state index in [0.717, 1.165) is 25.3 Å². The summed E-state index contributed by atoms with van der Waals surface area (Å²) in [6, 6.07) is 3.61. The van der Waals surface area contributed by atoms with Gasteiger partial charge in [-0.15, -0.1) is 0 Å². The van der Waals surface area contributed by atoms with E-state index in [1.54, 1.807) is 0 Å². The fourth-order valence-electron chi connectivity index (χ4n) is 3.28. The minimum atomic E-state index is -0.845. The molecule has 0 aromatic heterocycles. The predicted octanol–water partition coefficient (Wildman–Crippen LogP) is 4.47. The molecule has 1 aliphatic rings. The van der Waals surface area contributed by atoms with Gasteiger partial charge in [0.05, 0.1) is 5.60 Å². The second kappa shape index (κ2) is 6.21. The number of aliphatic hydroxyl groups is 1. The molecule has 20 heavy (non-hydrogen) atoms. The lowest BCUT2D eigenvalue weighted by Gasteiger charge is -2.27. The third-order valence-electron chi connectivity index (χ3n) is 4.67. The van der Waals surface area contributed by atoms with Crippen LogP contribution in [0.2, 0.25) is 0 Å². The third-order valence-corrected chi connectivity index (χ3v) is 4.67. The largest absolute Gasteiger partial charge is 0.390 e. The van der Waals surface area contributed by atoms with Crippen molar-refractivity contribution in [2.75, 3.05) is 0 Å². The van der Waals surface area contributed by atoms with E-state index in [2.05, 4.69) is 13.8 Å². The average Bonchev–Trinajstić information content (AvgIpc) is 2.55. The van der Waals surface area contributed by atoms with Gasteiger partial charge in [-0.25, -0.2) is 8.78 Å². The molecule has 0 heterocycles. The van der Waals surface area contributed by atoms with Crippen LogP contribution in [0.25, 0.3) is 0 Å². The summed E-state index contributed by atoms with van der Waals surface area (Å²) >= 11 is 0. The second-order valence-electron chi connectivity index (χ2n) is 6.57. The van der Waals surface area contributed by atoms with Gasteiger partial charge in [0.25, 0.3) is 0 Å². The van der Waals surface area contributed by atoms with Gasteiger partial charge in [0.1, 0.15) is 11.6 Å². The van der Waals surface area contributed by atoms with Gasteiger partial charge in [0.2, 0.25) is 0 Å². The highest BCUT2D eigenvalue weighted by molar-refractivity contribution is 5.20. The molecular weight excluding hydrogens is 258 g/mol. The lowest BCUT2D eigenvalue weighted by atomic mass is 9.85. The highest BCUT2D eigenvalue weighted by Crippen LogP contribution is 2.36. The maximum absolute atomic E-state index is 13.7. The molecule has 2 unspecified atom stereocenters. The van der Waals surface area contributed by atoms with Crippen molar-refractivity contribution in [1.29, 1.82) is 0 Å². The molecule has 0 bridgehead atoms. The first kappa shape index (κ1) is 15.4. The Hall–Kier alpha value is -0.960. The number of benzene rings is 1. The second-order valence-corrected chi connectivity index (χ2v) is 6.57. The lowest BCUT2D eigenvalue weighted by Crippen LogP contribution is -2.31. The van der Waals surface area contributed by atoms with Crippen LogP contribution in [-0.2, 0) is 6.42 Å². The molecule has 112 valence electrons. The summed E-state index contributed by atoms with van der Waals surface area (Å²) in [4.78, 5) is 0. The number of hydrogen-bond acceptors (Lipinski definition) is 1. The van der Waals surface area contributed by atoms with Crippen LogP contribution in [0.4, 0.5) is 8.78 Å². The fraction of sp³-hybridized carbons (Fsp3) is 0.647. The Morgan fingerprint density at radius 1 is 1.25 bits per heavy atom. The molecule has 1 aromatic carbocycles. The molecule has 0 saturated heterocycles. The molecule has 0 amide bonds. The van der Waals surface area contributed by atoms with Crippen molar-refractivity contribution in [3.05, 3.63) is 35.4 Å². The first-order valence-electron chi connectivity index (χ1n) is 7.56. The van der Waals surface area contributed by atoms with Crippen LogP contribution in [-0.4, -0.2) is 10.7 Å². The summed E-state index contributed by atoms with van der Waals surface area (Å²) in [5.41, 5.74) is -0.431. The molecule has 2 rings (SSSR count). The molecule has 2 atom stereocenters. The van der Waals surface area contributed by atoms with Crippen LogP contribution in [0.15, 0.2) is 18.2 Å². The average molecular weight is 282 g/mol. The summed E-state index contributed by atoms with van der Waals surface area (Å²) in [6.07, 6.45) is 4.77. The third kappa shape index (κ3) is 3.78. The van der Waals surface area contributed by atoms with Crippen LogP contribution in [0, 0.1) is 23.5 Å². The van der Waals surface area contributed by atoms with E-state index in [-0.39, 0.29) is 6.42 Å². The van der Waals surface area contributed by atoms with Crippen molar-refractivity contribution in [1.82, 2.24) is 0 Å². The van der Waals surface area contributed by atoms with Gasteiger partial charge in [0.15, 0.2) is 0 Å². The molecular formula is C17H24F2O. The predicted molar refractivity (Wildman–Crippen MR) is 76.4 cm³/mol. The van der Waals surface area contributed by atoms with Crippen LogP contribution in [0.1, 0.15) is 51.5 Å². The first-order valence-corrected chi connectivity index (χ1v) is 7.56. The highest BCUT2D eigenvalue weighted by atomic mass is 19.1. The van der Waals surface area contributed by atoms with Gasteiger partial charge >= 0.3 is 0 Å². The van der Waals surface area contributed by atoms with E-state index in [1.807, 2.05) is 0 Å². The minimum absolute atomic E-state index is 0.282. The van der Waals surface area contributed by atoms with E-state index < -0.39 is 17.2 Å². The van der Waals surface area contributed by atoms with Crippen molar-refractivity contribution in [2.24, 2.45) is 11.8 Å². The molecule has 1 fully saturated rings. The van der Waals surface area contributed by atoms with E-state index in [4.69, 9.17) is 0 Å². The Balaban J connectivity index is 2.07. The fourth-order valence-corrected chi connectivity index (χ4v) is 3.28. The minimum Gasteiger partial charge on any atom is -0.390 e. The van der Waals surface area contributed by atoms with Crippen LogP contribution in [0.5, 0.6) is 0 Å². The molecule has 1 N–H and O–H groups in total. The normalized spacial score (nSPS) is 27.6. The Kier molecular flexibility index (Phi) is 4.79. The van der Waals surface area contributed by atoms with Gasteiger partial charge in [-0.05, 0) is 42.7 Å². The summed E-state index contributed by atoms with van der Waals surface area (Å²) in [5.74, 6) is 0.143. The van der Waals surface area contributed by atoms with E-state index in [0.29, 0.717) is 30.2 Å². The molecule has 0 aliphatic heterocycles. The first-order chi connectivity index (χ1) is 9.39. The topological polar surface area (TPSA) is 20.2 Å². The zero-order chi connectivity index (χ0) is 14.8. The smallest absolute Gasteiger partial charge is 0.129 e. The van der Waals surface area contributed by atoms with Gasteiger partial charge in [-0.1, -0.05) is 32.8 Å². The summed E-state index contributed by atoms with van der Waals surface area (Å²) in [6.45, 7) is 4.43. The monoisotopic (exact) mass is 282 g/mol. The SMILES string of the molecule is CC(C)C1CCCC(O)(Cc2ccc(F)cc2F)CC1. The maximum atomic E-state index is 13.7. The quantitative estimate of drug-likeness (QED) is 0.811. The van der Waals surface area contributed by atoms with E-state index >= 15 is 0 Å². The van der Waals surface area contributed by atoms with Gasteiger partial charge < -0.3 is 5.11 Å². The van der Waals surface area contributed by atoms with E-state index in [1.165, 1.54) is 12.1 Å². The van der Waals surface area contributed by atoms with E-state index in [9.17, 15) is 13.9 Å². The molecule has 0 spiro atoms. The van der Waals surface area contributed by atoms with Crippen LogP contribution >= 0.6 is 0 Å². The van der Waals surface area contributed by atoms with Gasteiger partial charge in [-0.2, -0.15) is 0 Å². The molecule has 1 aliphatic carbocycles.